The van der Waals surface area contributed by atoms with Gasteiger partial charge in [0.1, 0.15) is 0 Å². The summed E-state index contributed by atoms with van der Waals surface area (Å²) in [6.45, 7) is 1.90. The van der Waals surface area contributed by atoms with Gasteiger partial charge in [-0.25, -0.2) is 0 Å². The fourth-order valence-corrected chi connectivity index (χ4v) is 2.21. The molecule has 0 aromatic carbocycles. The van der Waals surface area contributed by atoms with Crippen LogP contribution in [0.15, 0.2) is 22.0 Å². The third kappa shape index (κ3) is 5.11. The molecule has 1 unspecified atom stereocenters. The highest BCUT2D eigenvalue weighted by atomic mass is 79.9. The van der Waals surface area contributed by atoms with Gasteiger partial charge in [-0.05, 0) is 41.1 Å². The first-order valence-electron chi connectivity index (χ1n) is 4.47. The first-order chi connectivity index (χ1) is 7.08. The third-order valence-corrected chi connectivity index (χ3v) is 3.15. The number of aliphatic hydroxyl groups is 1. The van der Waals surface area contributed by atoms with E-state index >= 15 is 0 Å². The van der Waals surface area contributed by atoms with E-state index in [4.69, 9.17) is 5.11 Å². The molecule has 3 nitrogen and oxygen atoms in total. The van der Waals surface area contributed by atoms with Crippen LogP contribution in [0.5, 0.6) is 0 Å². The number of amides is 1. The predicted octanol–water partition coefficient (Wildman–Crippen LogP) is 2.02. The number of thiophene rings is 1. The molecule has 1 amide bonds. The molecule has 1 heterocycles. The number of hydrogen-bond acceptors (Lipinski definition) is 3. The highest BCUT2D eigenvalue weighted by Crippen LogP contribution is 2.22. The number of hydrogen-bond donors (Lipinski definition) is 2. The van der Waals surface area contributed by atoms with Gasteiger partial charge in [-0.3, -0.25) is 4.79 Å². The highest BCUT2D eigenvalue weighted by molar-refractivity contribution is 9.11. The van der Waals surface area contributed by atoms with E-state index in [0.717, 1.165) is 8.66 Å². The van der Waals surface area contributed by atoms with Crippen molar-refractivity contribution in [3.8, 4) is 0 Å². The van der Waals surface area contributed by atoms with Crippen LogP contribution in [0, 0.1) is 0 Å². The van der Waals surface area contributed by atoms with E-state index in [1.165, 1.54) is 6.08 Å². The maximum absolute atomic E-state index is 11.2. The summed E-state index contributed by atoms with van der Waals surface area (Å²) in [5.41, 5.74) is 0. The zero-order chi connectivity index (χ0) is 11.3. The molecule has 0 saturated heterocycles. The third-order valence-electron chi connectivity index (χ3n) is 1.56. The summed E-state index contributed by atoms with van der Waals surface area (Å²) in [7, 11) is 0. The molecule has 1 atom stereocenters. The molecule has 15 heavy (non-hydrogen) atoms. The van der Waals surface area contributed by atoms with Crippen LogP contribution >= 0.6 is 27.3 Å². The number of carbonyl (C=O) groups excluding carboxylic acids is 1. The van der Waals surface area contributed by atoms with Crippen molar-refractivity contribution in [3.05, 3.63) is 26.9 Å². The molecule has 0 radical (unpaired) electrons. The fraction of sp³-hybridized carbons (Fsp3) is 0.300. The van der Waals surface area contributed by atoms with Gasteiger partial charge < -0.3 is 10.4 Å². The van der Waals surface area contributed by atoms with Crippen LogP contribution in [0.1, 0.15) is 11.8 Å². The average molecular weight is 290 g/mol. The van der Waals surface area contributed by atoms with Gasteiger partial charge in [0, 0.05) is 17.5 Å². The second kappa shape index (κ2) is 6.05. The lowest BCUT2D eigenvalue weighted by Crippen LogP contribution is -2.28. The Morgan fingerprint density at radius 1 is 1.73 bits per heavy atom. The van der Waals surface area contributed by atoms with Crippen molar-refractivity contribution < 1.29 is 9.90 Å². The number of aliphatic hydroxyl groups excluding tert-OH is 1. The minimum Gasteiger partial charge on any atom is -0.392 e. The molecule has 0 aliphatic rings. The summed E-state index contributed by atoms with van der Waals surface area (Å²) in [6.07, 6.45) is 2.69. The van der Waals surface area contributed by atoms with E-state index in [1.807, 2.05) is 12.1 Å². The van der Waals surface area contributed by atoms with Crippen molar-refractivity contribution in [2.24, 2.45) is 0 Å². The normalized spacial score (nSPS) is 13.0. The van der Waals surface area contributed by atoms with Gasteiger partial charge in [-0.1, -0.05) is 0 Å². The van der Waals surface area contributed by atoms with E-state index in [-0.39, 0.29) is 12.5 Å². The largest absolute Gasteiger partial charge is 0.392 e. The van der Waals surface area contributed by atoms with Crippen LogP contribution in [0.2, 0.25) is 0 Å². The number of rotatable bonds is 4. The molecule has 0 bridgehead atoms. The molecular formula is C10H12BrNO2S. The van der Waals surface area contributed by atoms with Crippen LogP contribution in [-0.2, 0) is 4.79 Å². The SMILES string of the molecule is CC(O)CNC(=O)/C=C/c1ccc(Br)s1. The van der Waals surface area contributed by atoms with E-state index < -0.39 is 6.10 Å². The lowest BCUT2D eigenvalue weighted by atomic mass is 10.3. The van der Waals surface area contributed by atoms with Crippen molar-refractivity contribution >= 4 is 39.2 Å². The molecule has 0 aliphatic carbocycles. The van der Waals surface area contributed by atoms with Gasteiger partial charge in [0.25, 0.3) is 0 Å². The maximum atomic E-state index is 11.2. The molecule has 0 aliphatic heterocycles. The summed E-state index contributed by atoms with van der Waals surface area (Å²) >= 11 is 4.89. The summed E-state index contributed by atoms with van der Waals surface area (Å²) < 4.78 is 1.03. The molecule has 1 aromatic heterocycles. The summed E-state index contributed by atoms with van der Waals surface area (Å²) in [6, 6.07) is 3.85. The monoisotopic (exact) mass is 289 g/mol. The molecule has 1 aromatic rings. The van der Waals surface area contributed by atoms with Gasteiger partial charge in [0.2, 0.25) is 5.91 Å². The molecular weight excluding hydrogens is 278 g/mol. The zero-order valence-electron chi connectivity index (χ0n) is 8.24. The Morgan fingerprint density at radius 2 is 2.47 bits per heavy atom. The quantitative estimate of drug-likeness (QED) is 0.834. The van der Waals surface area contributed by atoms with Crippen molar-refractivity contribution in [1.29, 1.82) is 0 Å². The van der Waals surface area contributed by atoms with Crippen molar-refractivity contribution in [3.63, 3.8) is 0 Å². The van der Waals surface area contributed by atoms with Crippen LogP contribution in [0.3, 0.4) is 0 Å². The first-order valence-corrected chi connectivity index (χ1v) is 6.08. The Hall–Kier alpha value is -0.650. The summed E-state index contributed by atoms with van der Waals surface area (Å²) in [5, 5.41) is 11.5. The topological polar surface area (TPSA) is 49.3 Å². The van der Waals surface area contributed by atoms with E-state index in [1.54, 1.807) is 24.3 Å². The van der Waals surface area contributed by atoms with Crippen molar-refractivity contribution in [2.75, 3.05) is 6.54 Å². The van der Waals surface area contributed by atoms with E-state index in [9.17, 15) is 4.79 Å². The molecule has 1 rings (SSSR count). The Bertz CT molecular complexity index is 360. The fourth-order valence-electron chi connectivity index (χ4n) is 0.883. The average Bonchev–Trinajstić information content (AvgIpc) is 2.58. The van der Waals surface area contributed by atoms with Gasteiger partial charge in [-0.2, -0.15) is 0 Å². The van der Waals surface area contributed by atoms with Crippen molar-refractivity contribution in [2.45, 2.75) is 13.0 Å². The smallest absolute Gasteiger partial charge is 0.244 e. The van der Waals surface area contributed by atoms with E-state index in [2.05, 4.69) is 21.2 Å². The number of halogens is 1. The molecule has 82 valence electrons. The van der Waals surface area contributed by atoms with Crippen LogP contribution in [-0.4, -0.2) is 23.7 Å². The molecule has 0 saturated carbocycles. The summed E-state index contributed by atoms with van der Waals surface area (Å²) in [4.78, 5) is 12.2. The maximum Gasteiger partial charge on any atom is 0.244 e. The Morgan fingerprint density at radius 3 is 3.00 bits per heavy atom. The van der Waals surface area contributed by atoms with Gasteiger partial charge in [0.05, 0.1) is 9.89 Å². The minimum absolute atomic E-state index is 0.194. The Kier molecular flexibility index (Phi) is 5.01. The zero-order valence-corrected chi connectivity index (χ0v) is 10.6. The number of carbonyl (C=O) groups is 1. The lowest BCUT2D eigenvalue weighted by molar-refractivity contribution is -0.116. The van der Waals surface area contributed by atoms with Crippen LogP contribution < -0.4 is 5.32 Å². The Balaban J connectivity index is 2.40. The first kappa shape index (κ1) is 12.4. The summed E-state index contributed by atoms with van der Waals surface area (Å²) in [5.74, 6) is -0.194. The van der Waals surface area contributed by atoms with Gasteiger partial charge >= 0.3 is 0 Å². The second-order valence-electron chi connectivity index (χ2n) is 3.07. The molecule has 0 spiro atoms. The highest BCUT2D eigenvalue weighted by Gasteiger charge is 1.99. The molecule has 5 heteroatoms. The minimum atomic E-state index is -0.516. The van der Waals surface area contributed by atoms with E-state index in [0.29, 0.717) is 0 Å². The second-order valence-corrected chi connectivity index (χ2v) is 5.56. The van der Waals surface area contributed by atoms with Crippen LogP contribution in [0.4, 0.5) is 0 Å². The Labute approximate surface area is 101 Å². The predicted molar refractivity (Wildman–Crippen MR) is 65.7 cm³/mol. The standard InChI is InChI=1S/C10H12BrNO2S/c1-7(13)6-12-10(14)5-3-8-2-4-9(11)15-8/h2-5,7,13H,6H2,1H3,(H,12,14)/b5-3+. The lowest BCUT2D eigenvalue weighted by Gasteiger charge is -2.03. The molecule has 2 N–H and O–H groups in total. The van der Waals surface area contributed by atoms with Gasteiger partial charge in [0.15, 0.2) is 0 Å². The van der Waals surface area contributed by atoms with Gasteiger partial charge in [-0.15, -0.1) is 11.3 Å². The molecule has 0 fully saturated rings. The van der Waals surface area contributed by atoms with Crippen molar-refractivity contribution in [1.82, 2.24) is 5.32 Å². The van der Waals surface area contributed by atoms with Crippen LogP contribution in [0.25, 0.3) is 6.08 Å². The number of nitrogens with one attached hydrogen (secondary N) is 1.